The number of methoxy groups -OCH3 is 1. The summed E-state index contributed by atoms with van der Waals surface area (Å²) in [6.45, 7) is 4.24. The molecule has 29 heavy (non-hydrogen) atoms. The highest BCUT2D eigenvalue weighted by Crippen LogP contribution is 2.29. The van der Waals surface area contributed by atoms with Gasteiger partial charge in [-0.3, -0.25) is 0 Å². The Bertz CT molecular complexity index is 597. The fraction of sp³-hybridized carbons (Fsp3) is 0.714. The van der Waals surface area contributed by atoms with Crippen LogP contribution in [0.5, 0.6) is 5.75 Å². The number of halogens is 5. The Hall–Kier alpha value is -1.15. The smallest absolute Gasteiger partial charge is 0.206 e. The molecule has 0 fully saturated rings. The number of ether oxygens (including phenoxy) is 2. The molecule has 0 bridgehead atoms. The lowest BCUT2D eigenvalue weighted by Crippen LogP contribution is -2.30. The predicted octanol–water partition coefficient (Wildman–Crippen LogP) is 6.24. The maximum absolute atomic E-state index is 13.5. The predicted molar refractivity (Wildman–Crippen MR) is 108 cm³/mol. The van der Waals surface area contributed by atoms with Crippen LogP contribution in [0, 0.1) is 29.1 Å². The van der Waals surface area contributed by atoms with Gasteiger partial charge in [-0.05, 0) is 20.3 Å². The molecule has 168 valence electrons. The van der Waals surface area contributed by atoms with Crippen molar-refractivity contribution in [3.8, 4) is 5.75 Å². The Balaban J connectivity index is 2.05. The normalized spacial score (nSPS) is 12.3. The Morgan fingerprint density at radius 3 is 1.55 bits per heavy atom. The second-order valence-corrected chi connectivity index (χ2v) is 10.9. The number of hydrogen-bond acceptors (Lipinski definition) is 2. The number of benzene rings is 1. The van der Waals surface area contributed by atoms with Crippen LogP contribution in [0.3, 0.4) is 0 Å². The lowest BCUT2D eigenvalue weighted by molar-refractivity contribution is 0.0920. The number of rotatable bonds is 15. The standard InChI is InChI=1S/C21H33F5O2Si/c1-21(2,27-3)29-14-12-10-8-6-4-5-7-9-11-13-28-20-18(25)16(23)15(22)17(24)19(20)26/h4-14,29H2,1-3H3. The van der Waals surface area contributed by atoms with Crippen LogP contribution in [0.25, 0.3) is 0 Å². The highest BCUT2D eigenvalue weighted by atomic mass is 28.2. The second kappa shape index (κ2) is 13.2. The Kier molecular flexibility index (Phi) is 11.8. The Morgan fingerprint density at radius 2 is 1.07 bits per heavy atom. The van der Waals surface area contributed by atoms with Crippen LogP contribution in [0.15, 0.2) is 0 Å². The monoisotopic (exact) mass is 440 g/mol. The average molecular weight is 441 g/mol. The maximum Gasteiger partial charge on any atom is 0.206 e. The molecule has 8 heteroatoms. The summed E-state index contributed by atoms with van der Waals surface area (Å²) in [5, 5.41) is 0.0975. The molecule has 0 atom stereocenters. The summed E-state index contributed by atoms with van der Waals surface area (Å²) in [5.74, 6) is -11.2. The minimum absolute atomic E-state index is 0.0833. The topological polar surface area (TPSA) is 18.5 Å². The van der Waals surface area contributed by atoms with Crippen LogP contribution in [-0.2, 0) is 4.74 Å². The van der Waals surface area contributed by atoms with Gasteiger partial charge in [0.25, 0.3) is 0 Å². The third kappa shape index (κ3) is 9.03. The van der Waals surface area contributed by atoms with Gasteiger partial charge in [-0.15, -0.1) is 0 Å². The Morgan fingerprint density at radius 1 is 0.655 bits per heavy atom. The second-order valence-electron chi connectivity index (χ2n) is 8.00. The SMILES string of the molecule is COC(C)(C)[SiH2]CCCCCCCCCCCOc1c(F)c(F)c(F)c(F)c1F. The molecule has 0 heterocycles. The fourth-order valence-electron chi connectivity index (χ4n) is 3.05. The molecule has 0 N–H and O–H groups in total. The van der Waals surface area contributed by atoms with Crippen molar-refractivity contribution in [2.75, 3.05) is 13.7 Å². The van der Waals surface area contributed by atoms with Crippen LogP contribution < -0.4 is 4.74 Å². The minimum Gasteiger partial charge on any atom is -0.487 e. The van der Waals surface area contributed by atoms with Crippen LogP contribution in [-0.4, -0.2) is 28.5 Å². The molecule has 1 aromatic carbocycles. The molecule has 0 saturated carbocycles. The Labute approximate surface area is 173 Å². The van der Waals surface area contributed by atoms with Gasteiger partial charge in [0, 0.05) is 12.3 Å². The van der Waals surface area contributed by atoms with E-state index in [1.54, 1.807) is 7.11 Å². The third-order valence-corrected chi connectivity index (χ3v) is 7.49. The molecule has 0 amide bonds. The van der Waals surface area contributed by atoms with E-state index in [2.05, 4.69) is 13.8 Å². The van der Waals surface area contributed by atoms with Crippen molar-refractivity contribution >= 4 is 9.52 Å². The molecule has 0 unspecified atom stereocenters. The van der Waals surface area contributed by atoms with Gasteiger partial charge in [-0.2, -0.15) is 8.78 Å². The number of unbranched alkanes of at least 4 members (excludes halogenated alkanes) is 8. The molecule has 0 saturated heterocycles. The van der Waals surface area contributed by atoms with E-state index in [1.807, 2.05) is 0 Å². The van der Waals surface area contributed by atoms with Gasteiger partial charge in [-0.25, -0.2) is 13.2 Å². The van der Waals surface area contributed by atoms with Gasteiger partial charge in [-0.1, -0.05) is 57.4 Å². The van der Waals surface area contributed by atoms with Crippen molar-refractivity contribution in [3.63, 3.8) is 0 Å². The quantitative estimate of drug-likeness (QED) is 0.106. The van der Waals surface area contributed by atoms with E-state index in [-0.39, 0.29) is 21.4 Å². The van der Waals surface area contributed by atoms with Crippen molar-refractivity contribution in [1.82, 2.24) is 0 Å². The van der Waals surface area contributed by atoms with Gasteiger partial charge < -0.3 is 9.47 Å². The van der Waals surface area contributed by atoms with Crippen LogP contribution in [0.2, 0.25) is 6.04 Å². The van der Waals surface area contributed by atoms with Crippen molar-refractivity contribution < 1.29 is 31.4 Å². The first kappa shape index (κ1) is 25.9. The van der Waals surface area contributed by atoms with E-state index in [0.717, 1.165) is 25.7 Å². The van der Waals surface area contributed by atoms with Crippen LogP contribution >= 0.6 is 0 Å². The molecule has 0 aliphatic carbocycles. The van der Waals surface area contributed by atoms with E-state index in [9.17, 15) is 22.0 Å². The largest absolute Gasteiger partial charge is 0.487 e. The number of hydrogen-bond donors (Lipinski definition) is 0. The summed E-state index contributed by atoms with van der Waals surface area (Å²) < 4.78 is 76.3. The zero-order valence-electron chi connectivity index (χ0n) is 17.7. The molecule has 0 spiro atoms. The average Bonchev–Trinajstić information content (AvgIpc) is 2.70. The van der Waals surface area contributed by atoms with Crippen LogP contribution in [0.4, 0.5) is 22.0 Å². The molecule has 1 rings (SSSR count). The highest BCUT2D eigenvalue weighted by molar-refractivity contribution is 6.39. The molecule has 0 radical (unpaired) electrons. The van der Waals surface area contributed by atoms with Crippen molar-refractivity contribution in [2.45, 2.75) is 82.9 Å². The first-order chi connectivity index (χ1) is 13.7. The van der Waals surface area contributed by atoms with Crippen molar-refractivity contribution in [1.29, 1.82) is 0 Å². The summed E-state index contributed by atoms with van der Waals surface area (Å²) in [7, 11) is 1.59. The molecule has 0 aliphatic heterocycles. The summed E-state index contributed by atoms with van der Waals surface area (Å²) in [5.41, 5.74) is 0. The van der Waals surface area contributed by atoms with E-state index in [4.69, 9.17) is 9.47 Å². The van der Waals surface area contributed by atoms with Gasteiger partial charge in [0.2, 0.25) is 29.1 Å². The minimum atomic E-state index is -2.17. The van der Waals surface area contributed by atoms with Gasteiger partial charge in [0.15, 0.2) is 5.75 Å². The molecular formula is C21H33F5O2Si. The lowest BCUT2D eigenvalue weighted by Gasteiger charge is -2.22. The van der Waals surface area contributed by atoms with E-state index in [0.29, 0.717) is 6.42 Å². The molecule has 0 aromatic heterocycles. The maximum atomic E-state index is 13.5. The van der Waals surface area contributed by atoms with Gasteiger partial charge in [0.05, 0.1) is 16.1 Å². The first-order valence-electron chi connectivity index (χ1n) is 10.4. The molecule has 0 aliphatic rings. The zero-order valence-corrected chi connectivity index (χ0v) is 19.1. The summed E-state index contributed by atoms with van der Waals surface area (Å²) in [4.78, 5) is 0. The zero-order chi connectivity index (χ0) is 21.9. The lowest BCUT2D eigenvalue weighted by atomic mass is 10.1. The van der Waals surface area contributed by atoms with Gasteiger partial charge >= 0.3 is 0 Å². The van der Waals surface area contributed by atoms with Gasteiger partial charge in [0.1, 0.15) is 0 Å². The molecule has 1 aromatic rings. The molecule has 2 nitrogen and oxygen atoms in total. The summed E-state index contributed by atoms with van der Waals surface area (Å²) >= 11 is 0. The fourth-order valence-corrected chi connectivity index (χ4v) is 4.71. The van der Waals surface area contributed by atoms with Crippen molar-refractivity contribution in [3.05, 3.63) is 29.1 Å². The van der Waals surface area contributed by atoms with E-state index in [1.165, 1.54) is 31.7 Å². The van der Waals surface area contributed by atoms with Crippen molar-refractivity contribution in [2.24, 2.45) is 0 Å². The van der Waals surface area contributed by atoms with E-state index < -0.39 is 34.8 Å². The summed E-state index contributed by atoms with van der Waals surface area (Å²) in [6, 6.07) is 1.31. The first-order valence-corrected chi connectivity index (χ1v) is 12.1. The van der Waals surface area contributed by atoms with E-state index >= 15 is 0 Å². The molecular weight excluding hydrogens is 407 g/mol. The van der Waals surface area contributed by atoms with Crippen LogP contribution in [0.1, 0.15) is 71.6 Å². The highest BCUT2D eigenvalue weighted by Gasteiger charge is 2.26. The summed E-state index contributed by atoms with van der Waals surface area (Å²) in [6.07, 6.45) is 9.38. The third-order valence-electron chi connectivity index (χ3n) is 5.14.